The van der Waals surface area contributed by atoms with Gasteiger partial charge in [0.05, 0.1) is 0 Å². The molecule has 0 aliphatic heterocycles. The van der Waals surface area contributed by atoms with Crippen molar-refractivity contribution in [1.29, 1.82) is 0 Å². The lowest BCUT2D eigenvalue weighted by Crippen LogP contribution is -2.12. The summed E-state index contributed by atoms with van der Waals surface area (Å²) in [4.78, 5) is 12.3. The average molecular weight is 309 g/mol. The second-order valence-corrected chi connectivity index (χ2v) is 5.64. The van der Waals surface area contributed by atoms with E-state index < -0.39 is 0 Å². The number of aromatic nitrogens is 6. The van der Waals surface area contributed by atoms with Gasteiger partial charge in [0.15, 0.2) is 11.5 Å². The molecular weight excluding hydrogens is 294 g/mol. The van der Waals surface area contributed by atoms with Crippen LogP contribution in [-0.4, -0.2) is 36.3 Å². The van der Waals surface area contributed by atoms with E-state index in [0.717, 1.165) is 24.1 Å². The molecule has 2 N–H and O–H groups in total. The largest absolute Gasteiger partial charge is 0.321 e. The van der Waals surface area contributed by atoms with Gasteiger partial charge in [-0.3, -0.25) is 9.89 Å². The minimum absolute atomic E-state index is 0.235. The molecule has 116 valence electrons. The summed E-state index contributed by atoms with van der Waals surface area (Å²) < 4.78 is 1.58. The zero-order valence-electron chi connectivity index (χ0n) is 12.5. The lowest BCUT2D eigenvalue weighted by atomic mass is 10.2. The summed E-state index contributed by atoms with van der Waals surface area (Å²) in [6.07, 6.45) is 2.33. The van der Waals surface area contributed by atoms with Crippen molar-refractivity contribution < 1.29 is 4.79 Å². The van der Waals surface area contributed by atoms with Crippen molar-refractivity contribution in [2.45, 2.75) is 18.8 Å². The molecule has 2 heterocycles. The summed E-state index contributed by atoms with van der Waals surface area (Å²) >= 11 is 0. The lowest BCUT2D eigenvalue weighted by Gasteiger charge is -2.05. The third-order valence-electron chi connectivity index (χ3n) is 3.85. The van der Waals surface area contributed by atoms with Crippen LogP contribution in [0.3, 0.4) is 0 Å². The number of hydrogen-bond donors (Lipinski definition) is 2. The minimum atomic E-state index is -0.235. The van der Waals surface area contributed by atoms with Gasteiger partial charge < -0.3 is 5.32 Å². The third-order valence-corrected chi connectivity index (χ3v) is 3.85. The van der Waals surface area contributed by atoms with Crippen molar-refractivity contribution >= 4 is 11.6 Å². The van der Waals surface area contributed by atoms with Crippen LogP contribution in [0, 0.1) is 0 Å². The van der Waals surface area contributed by atoms with Crippen LogP contribution in [0.2, 0.25) is 0 Å². The molecule has 8 heteroatoms. The number of nitrogens with one attached hydrogen (secondary N) is 2. The number of nitrogens with zero attached hydrogens (tertiary/aromatic N) is 5. The number of anilines is 1. The van der Waals surface area contributed by atoms with E-state index in [0.29, 0.717) is 23.1 Å². The summed E-state index contributed by atoms with van der Waals surface area (Å²) in [5.41, 5.74) is 2.94. The van der Waals surface area contributed by atoms with Crippen molar-refractivity contribution in [1.82, 2.24) is 30.4 Å². The Hall–Kier alpha value is -3.03. The number of H-pyrrole nitrogens is 1. The summed E-state index contributed by atoms with van der Waals surface area (Å²) in [6.45, 7) is 0. The topological polar surface area (TPSA) is 101 Å². The van der Waals surface area contributed by atoms with Gasteiger partial charge in [-0.2, -0.15) is 5.10 Å². The van der Waals surface area contributed by atoms with Crippen LogP contribution in [0.5, 0.6) is 0 Å². The Balaban J connectivity index is 1.54. The zero-order valence-corrected chi connectivity index (χ0v) is 12.5. The fourth-order valence-corrected chi connectivity index (χ4v) is 2.46. The average Bonchev–Trinajstić information content (AvgIpc) is 3.11. The minimum Gasteiger partial charge on any atom is -0.321 e. The van der Waals surface area contributed by atoms with Gasteiger partial charge in [0.1, 0.15) is 0 Å². The molecule has 0 radical (unpaired) electrons. The Bertz CT molecular complexity index is 862. The second kappa shape index (κ2) is 5.31. The van der Waals surface area contributed by atoms with Crippen LogP contribution in [0.4, 0.5) is 5.69 Å². The van der Waals surface area contributed by atoms with Gasteiger partial charge in [-0.15, -0.1) is 5.10 Å². The Morgan fingerprint density at radius 1 is 1.35 bits per heavy atom. The maximum atomic E-state index is 12.3. The first-order valence-corrected chi connectivity index (χ1v) is 7.40. The molecule has 0 atom stereocenters. The first-order valence-electron chi connectivity index (χ1n) is 7.40. The first kappa shape index (κ1) is 13.6. The Kier molecular flexibility index (Phi) is 3.14. The number of tetrazole rings is 1. The Morgan fingerprint density at radius 2 is 2.22 bits per heavy atom. The highest BCUT2D eigenvalue weighted by molar-refractivity contribution is 6.03. The summed E-state index contributed by atoms with van der Waals surface area (Å²) in [7, 11) is 1.77. The molecule has 23 heavy (non-hydrogen) atoms. The molecule has 1 fully saturated rings. The third kappa shape index (κ3) is 2.70. The van der Waals surface area contributed by atoms with Crippen LogP contribution in [-0.2, 0) is 7.05 Å². The molecule has 2 aromatic heterocycles. The molecular formula is C15H15N7O. The maximum Gasteiger partial charge on any atom is 0.276 e. The van der Waals surface area contributed by atoms with Gasteiger partial charge in [0.25, 0.3) is 5.91 Å². The number of hydrogen-bond acceptors (Lipinski definition) is 5. The smallest absolute Gasteiger partial charge is 0.276 e. The number of rotatable bonds is 4. The predicted octanol–water partition coefficient (Wildman–Crippen LogP) is 1.73. The fourth-order valence-electron chi connectivity index (χ4n) is 2.46. The van der Waals surface area contributed by atoms with Gasteiger partial charge in [0.2, 0.25) is 0 Å². The standard InChI is InChI=1S/C15H15N7O/c1-22-14(19-20-21-22)10-3-2-4-11(7-10)16-15(23)13-8-12(17-18-13)9-5-6-9/h2-4,7-9H,5-6H2,1H3,(H,16,23)(H,17,18). The Labute approximate surface area is 131 Å². The lowest BCUT2D eigenvalue weighted by molar-refractivity contribution is 0.102. The van der Waals surface area contributed by atoms with Crippen molar-refractivity contribution in [3.8, 4) is 11.4 Å². The van der Waals surface area contributed by atoms with E-state index in [1.807, 2.05) is 30.3 Å². The predicted molar refractivity (Wildman–Crippen MR) is 82.7 cm³/mol. The van der Waals surface area contributed by atoms with E-state index in [1.165, 1.54) is 0 Å². The molecule has 4 rings (SSSR count). The number of amides is 1. The number of aryl methyl sites for hydroxylation is 1. The summed E-state index contributed by atoms with van der Waals surface area (Å²) in [5.74, 6) is 0.939. The number of benzene rings is 1. The molecule has 1 aliphatic carbocycles. The SMILES string of the molecule is Cn1nnnc1-c1cccc(NC(=O)c2cc(C3CC3)[nH]n2)c1. The molecule has 1 aliphatic rings. The highest BCUT2D eigenvalue weighted by atomic mass is 16.1. The summed E-state index contributed by atoms with van der Waals surface area (Å²) in [6, 6.07) is 9.21. The number of aromatic amines is 1. The van der Waals surface area contributed by atoms with Gasteiger partial charge in [-0.1, -0.05) is 12.1 Å². The van der Waals surface area contributed by atoms with Crippen molar-refractivity contribution in [3.05, 3.63) is 41.7 Å². The highest BCUT2D eigenvalue weighted by Gasteiger charge is 2.26. The van der Waals surface area contributed by atoms with Gasteiger partial charge >= 0.3 is 0 Å². The molecule has 0 saturated heterocycles. The molecule has 0 spiro atoms. The first-order chi connectivity index (χ1) is 11.2. The molecule has 3 aromatic rings. The van der Waals surface area contributed by atoms with Crippen LogP contribution < -0.4 is 5.32 Å². The molecule has 1 aromatic carbocycles. The summed E-state index contributed by atoms with van der Waals surface area (Å²) in [5, 5.41) is 21.3. The van der Waals surface area contributed by atoms with Crippen LogP contribution in [0.25, 0.3) is 11.4 Å². The molecule has 1 saturated carbocycles. The van der Waals surface area contributed by atoms with E-state index in [4.69, 9.17) is 0 Å². The normalized spacial score (nSPS) is 14.0. The fraction of sp³-hybridized carbons (Fsp3) is 0.267. The van der Waals surface area contributed by atoms with Crippen LogP contribution in [0.1, 0.15) is 34.9 Å². The van der Waals surface area contributed by atoms with Gasteiger partial charge in [0, 0.05) is 29.9 Å². The molecule has 8 nitrogen and oxygen atoms in total. The van der Waals surface area contributed by atoms with Gasteiger partial charge in [-0.05, 0) is 41.5 Å². The van der Waals surface area contributed by atoms with Crippen LogP contribution >= 0.6 is 0 Å². The molecule has 1 amide bonds. The van der Waals surface area contributed by atoms with E-state index in [1.54, 1.807) is 11.7 Å². The maximum absolute atomic E-state index is 12.3. The van der Waals surface area contributed by atoms with Crippen molar-refractivity contribution in [2.75, 3.05) is 5.32 Å². The Morgan fingerprint density at radius 3 is 2.96 bits per heavy atom. The number of carbonyl (C=O) groups is 1. The molecule has 0 bridgehead atoms. The monoisotopic (exact) mass is 309 g/mol. The van der Waals surface area contributed by atoms with E-state index in [9.17, 15) is 4.79 Å². The number of carbonyl (C=O) groups excluding carboxylic acids is 1. The van der Waals surface area contributed by atoms with E-state index in [-0.39, 0.29) is 5.91 Å². The molecule has 0 unspecified atom stereocenters. The zero-order chi connectivity index (χ0) is 15.8. The highest BCUT2D eigenvalue weighted by Crippen LogP contribution is 2.39. The van der Waals surface area contributed by atoms with E-state index >= 15 is 0 Å². The quantitative estimate of drug-likeness (QED) is 0.764. The van der Waals surface area contributed by atoms with Crippen LogP contribution in [0.15, 0.2) is 30.3 Å². The van der Waals surface area contributed by atoms with E-state index in [2.05, 4.69) is 31.0 Å². The van der Waals surface area contributed by atoms with Crippen molar-refractivity contribution in [3.63, 3.8) is 0 Å². The van der Waals surface area contributed by atoms with Crippen molar-refractivity contribution in [2.24, 2.45) is 7.05 Å². The second-order valence-electron chi connectivity index (χ2n) is 5.64. The van der Waals surface area contributed by atoms with Gasteiger partial charge in [-0.25, -0.2) is 4.68 Å².